The minimum absolute atomic E-state index is 0.000384. The zero-order chi connectivity index (χ0) is 20.8. The van der Waals surface area contributed by atoms with Crippen LogP contribution in [0.4, 0.5) is 8.78 Å². The number of rotatable bonds is 7. The highest BCUT2D eigenvalue weighted by atomic mass is 32.2. The second kappa shape index (κ2) is 7.61. The van der Waals surface area contributed by atoms with E-state index in [0.29, 0.717) is 6.07 Å². The van der Waals surface area contributed by atoms with Crippen LogP contribution in [0.15, 0.2) is 23.1 Å². The third-order valence-electron chi connectivity index (χ3n) is 7.23. The number of amides is 1. The Balaban J connectivity index is 1.29. The molecule has 0 spiro atoms. The molecule has 5 nitrogen and oxygen atoms in total. The van der Waals surface area contributed by atoms with Crippen molar-refractivity contribution >= 4 is 15.9 Å². The summed E-state index contributed by atoms with van der Waals surface area (Å²) in [4.78, 5) is 12.0. The van der Waals surface area contributed by atoms with Gasteiger partial charge in [-0.05, 0) is 86.8 Å². The zero-order valence-electron chi connectivity index (χ0n) is 16.6. The van der Waals surface area contributed by atoms with Crippen LogP contribution >= 0.6 is 0 Å². The number of hydrogen-bond acceptors (Lipinski definition) is 3. The summed E-state index contributed by atoms with van der Waals surface area (Å²) in [5, 5.41) is 3.10. The van der Waals surface area contributed by atoms with Gasteiger partial charge in [-0.3, -0.25) is 4.79 Å². The minimum atomic E-state index is -4.00. The Morgan fingerprint density at radius 2 is 1.69 bits per heavy atom. The molecule has 0 radical (unpaired) electrons. The van der Waals surface area contributed by atoms with E-state index in [2.05, 4.69) is 17.0 Å². The van der Waals surface area contributed by atoms with E-state index in [9.17, 15) is 22.0 Å². The molecule has 8 heteroatoms. The van der Waals surface area contributed by atoms with Gasteiger partial charge in [0, 0.05) is 19.0 Å². The molecule has 4 bridgehead atoms. The fourth-order valence-electron chi connectivity index (χ4n) is 6.20. The summed E-state index contributed by atoms with van der Waals surface area (Å²) in [7, 11) is -4.00. The second-order valence-corrected chi connectivity index (χ2v) is 11.1. The van der Waals surface area contributed by atoms with E-state index in [-0.39, 0.29) is 35.2 Å². The van der Waals surface area contributed by atoms with Crippen LogP contribution in [0.5, 0.6) is 0 Å². The van der Waals surface area contributed by atoms with Crippen LogP contribution in [0.25, 0.3) is 0 Å². The molecule has 29 heavy (non-hydrogen) atoms. The van der Waals surface area contributed by atoms with Crippen molar-refractivity contribution in [1.82, 2.24) is 10.0 Å². The van der Waals surface area contributed by atoms with Gasteiger partial charge in [0.15, 0.2) is 11.6 Å². The summed E-state index contributed by atoms with van der Waals surface area (Å²) in [5.74, 6) is -0.145. The quantitative estimate of drug-likeness (QED) is 0.702. The average molecular weight is 427 g/mol. The molecule has 0 saturated heterocycles. The first-order chi connectivity index (χ1) is 13.7. The number of carbonyl (C=O) groups excluding carboxylic acids is 1. The van der Waals surface area contributed by atoms with Crippen molar-refractivity contribution in [3.8, 4) is 0 Å². The maximum Gasteiger partial charge on any atom is 0.240 e. The molecule has 1 aromatic rings. The molecule has 2 N–H and O–H groups in total. The lowest BCUT2D eigenvalue weighted by molar-refractivity contribution is -0.125. The smallest absolute Gasteiger partial charge is 0.240 e. The molecule has 4 fully saturated rings. The van der Waals surface area contributed by atoms with E-state index in [0.717, 1.165) is 29.9 Å². The fraction of sp³-hybridized carbons (Fsp3) is 0.667. The Labute approximate surface area is 170 Å². The third-order valence-corrected chi connectivity index (χ3v) is 8.69. The maximum absolute atomic E-state index is 13.3. The van der Waals surface area contributed by atoms with E-state index in [1.165, 1.54) is 38.5 Å². The second-order valence-electron chi connectivity index (χ2n) is 9.29. The molecule has 1 aromatic carbocycles. The minimum Gasteiger partial charge on any atom is -0.353 e. The van der Waals surface area contributed by atoms with Gasteiger partial charge in [0.05, 0.1) is 4.90 Å². The summed E-state index contributed by atoms with van der Waals surface area (Å²) in [5.41, 5.74) is 0.190. The topological polar surface area (TPSA) is 75.3 Å². The van der Waals surface area contributed by atoms with Gasteiger partial charge in [0.1, 0.15) is 0 Å². The largest absolute Gasteiger partial charge is 0.353 e. The first kappa shape index (κ1) is 20.7. The number of carbonyl (C=O) groups is 1. The van der Waals surface area contributed by atoms with Crippen LogP contribution in [-0.4, -0.2) is 26.9 Å². The van der Waals surface area contributed by atoms with Crippen molar-refractivity contribution < 1.29 is 22.0 Å². The van der Waals surface area contributed by atoms with Gasteiger partial charge in [0.2, 0.25) is 15.9 Å². The lowest BCUT2D eigenvalue weighted by Crippen LogP contribution is -2.56. The standard InChI is InChI=1S/C21H28F2N2O3S/c1-13(21-10-14-6-15(11-21)8-16(7-14)12-21)25-20(26)4-5-24-29(27,28)17-2-3-18(22)19(23)9-17/h2-3,9,13-16,24H,4-8,10-12H2,1H3,(H,25,26)/t13-,14?,15?,16?,21?/m0/s1. The van der Waals surface area contributed by atoms with E-state index in [1.807, 2.05) is 0 Å². The van der Waals surface area contributed by atoms with Gasteiger partial charge in [-0.2, -0.15) is 0 Å². The number of hydrogen-bond donors (Lipinski definition) is 2. The fourth-order valence-corrected chi connectivity index (χ4v) is 7.24. The molecule has 0 aliphatic heterocycles. The molecule has 5 rings (SSSR count). The van der Waals surface area contributed by atoms with Crippen molar-refractivity contribution in [3.05, 3.63) is 29.8 Å². The van der Waals surface area contributed by atoms with E-state index >= 15 is 0 Å². The first-order valence-electron chi connectivity index (χ1n) is 10.4. The van der Waals surface area contributed by atoms with Gasteiger partial charge in [-0.15, -0.1) is 0 Å². The van der Waals surface area contributed by atoms with Crippen LogP contribution in [0.2, 0.25) is 0 Å². The molecule has 160 valence electrons. The van der Waals surface area contributed by atoms with Crippen molar-refractivity contribution in [1.29, 1.82) is 0 Å². The predicted octanol–water partition coefficient (Wildman–Crippen LogP) is 3.35. The zero-order valence-corrected chi connectivity index (χ0v) is 17.4. The summed E-state index contributed by atoms with van der Waals surface area (Å²) < 4.78 is 53.0. The van der Waals surface area contributed by atoms with Gasteiger partial charge in [-0.25, -0.2) is 21.9 Å². The Hall–Kier alpha value is -1.54. The van der Waals surface area contributed by atoms with Crippen LogP contribution in [0.1, 0.15) is 51.9 Å². The number of nitrogens with one attached hydrogen (secondary N) is 2. The Morgan fingerprint density at radius 1 is 1.10 bits per heavy atom. The molecule has 4 aliphatic carbocycles. The molecule has 0 unspecified atom stereocenters. The molecule has 4 saturated carbocycles. The van der Waals surface area contributed by atoms with Crippen molar-refractivity contribution in [3.63, 3.8) is 0 Å². The molecule has 1 atom stereocenters. The summed E-state index contributed by atoms with van der Waals surface area (Å²) in [6.07, 6.45) is 7.57. The van der Waals surface area contributed by atoms with Gasteiger partial charge in [0.25, 0.3) is 0 Å². The van der Waals surface area contributed by atoms with Crippen LogP contribution in [-0.2, 0) is 14.8 Å². The monoisotopic (exact) mass is 426 g/mol. The van der Waals surface area contributed by atoms with E-state index < -0.39 is 21.7 Å². The number of benzene rings is 1. The summed E-state index contributed by atoms with van der Waals surface area (Å²) >= 11 is 0. The van der Waals surface area contributed by atoms with Gasteiger partial charge in [-0.1, -0.05) is 0 Å². The van der Waals surface area contributed by atoms with Crippen LogP contribution in [0, 0.1) is 34.8 Å². The van der Waals surface area contributed by atoms with Gasteiger partial charge < -0.3 is 5.32 Å². The van der Waals surface area contributed by atoms with Crippen molar-refractivity contribution in [2.75, 3.05) is 6.54 Å². The Kier molecular flexibility index (Phi) is 5.44. The number of halogens is 2. The van der Waals surface area contributed by atoms with Crippen molar-refractivity contribution in [2.45, 2.75) is 62.8 Å². The highest BCUT2D eigenvalue weighted by Gasteiger charge is 2.53. The predicted molar refractivity (Wildman–Crippen MR) is 104 cm³/mol. The summed E-state index contributed by atoms with van der Waals surface area (Å²) in [6, 6.07) is 2.47. The highest BCUT2D eigenvalue weighted by molar-refractivity contribution is 7.89. The first-order valence-corrected chi connectivity index (χ1v) is 11.9. The van der Waals surface area contributed by atoms with Crippen LogP contribution < -0.4 is 10.0 Å². The molecular formula is C21H28F2N2O3S. The molecular weight excluding hydrogens is 398 g/mol. The molecule has 4 aliphatic rings. The highest BCUT2D eigenvalue weighted by Crippen LogP contribution is 2.61. The SMILES string of the molecule is C[C@H](NC(=O)CCNS(=O)(=O)c1ccc(F)c(F)c1)C12CC3CC(CC(C3)C1)C2. The molecule has 1 amide bonds. The van der Waals surface area contributed by atoms with Crippen LogP contribution in [0.3, 0.4) is 0 Å². The Morgan fingerprint density at radius 3 is 2.24 bits per heavy atom. The Bertz CT molecular complexity index is 868. The van der Waals surface area contributed by atoms with Gasteiger partial charge >= 0.3 is 0 Å². The third kappa shape index (κ3) is 4.19. The lowest BCUT2D eigenvalue weighted by Gasteiger charge is -2.59. The number of sulfonamides is 1. The normalized spacial score (nSPS) is 31.6. The average Bonchev–Trinajstić information content (AvgIpc) is 2.62. The lowest BCUT2D eigenvalue weighted by atomic mass is 9.48. The maximum atomic E-state index is 13.3. The van der Waals surface area contributed by atoms with E-state index in [4.69, 9.17) is 0 Å². The molecule has 0 aromatic heterocycles. The summed E-state index contributed by atoms with van der Waals surface area (Å²) in [6.45, 7) is 1.98. The van der Waals surface area contributed by atoms with Crippen molar-refractivity contribution in [2.24, 2.45) is 23.2 Å². The molecule has 0 heterocycles. The van der Waals surface area contributed by atoms with E-state index in [1.54, 1.807) is 0 Å².